The first-order valence-corrected chi connectivity index (χ1v) is 7.25. The van der Waals surface area contributed by atoms with Crippen LogP contribution >= 0.6 is 0 Å². The molecule has 0 aliphatic heterocycles. The molecule has 1 N–H and O–H groups in total. The van der Waals surface area contributed by atoms with Crippen molar-refractivity contribution in [2.24, 2.45) is 5.41 Å². The van der Waals surface area contributed by atoms with Gasteiger partial charge in [0.15, 0.2) is 0 Å². The molecule has 0 fully saturated rings. The lowest BCUT2D eigenvalue weighted by molar-refractivity contribution is -0.151. The third kappa shape index (κ3) is 7.53. The van der Waals surface area contributed by atoms with Crippen LogP contribution in [0.1, 0.15) is 48.0 Å². The number of esters is 1. The lowest BCUT2D eigenvalue weighted by Crippen LogP contribution is -2.57. The number of likely N-dealkylation sites (N-methyl/N-ethyl adjacent to an activating group) is 1. The number of hydrogen-bond donors (Lipinski definition) is 1. The number of hydrogen-bond acceptors (Lipinski definition) is 4. The van der Waals surface area contributed by atoms with Gasteiger partial charge in [-0.05, 0) is 39.3 Å². The van der Waals surface area contributed by atoms with Crippen LogP contribution in [0.3, 0.4) is 0 Å². The molecular weight excluding hydrogens is 240 g/mol. The lowest BCUT2D eigenvalue weighted by atomic mass is 9.94. The van der Waals surface area contributed by atoms with Gasteiger partial charge in [0, 0.05) is 13.1 Å². The fourth-order valence-electron chi connectivity index (χ4n) is 2.29. The number of ether oxygens (including phenoxy) is 1. The molecule has 0 aromatic rings. The maximum atomic E-state index is 12.2. The number of rotatable bonds is 8. The Balaban J connectivity index is 4.70. The number of carbonyl (C=O) groups excluding carboxylic acids is 1. The molecule has 0 heterocycles. The average molecular weight is 272 g/mol. The zero-order valence-electron chi connectivity index (χ0n) is 13.8. The summed E-state index contributed by atoms with van der Waals surface area (Å²) >= 11 is 0. The minimum absolute atomic E-state index is 0.163. The highest BCUT2D eigenvalue weighted by atomic mass is 16.5. The molecule has 0 aromatic heterocycles. The fraction of sp³-hybridized carbons (Fsp3) is 0.933. The smallest absolute Gasteiger partial charge is 0.327 e. The summed E-state index contributed by atoms with van der Waals surface area (Å²) in [4.78, 5) is 14.4. The van der Waals surface area contributed by atoms with Crippen molar-refractivity contribution < 1.29 is 9.53 Å². The molecule has 0 rings (SSSR count). The summed E-state index contributed by atoms with van der Waals surface area (Å²) in [5.41, 5.74) is -0.416. The molecule has 0 bridgehead atoms. The average Bonchev–Trinajstić information content (AvgIpc) is 2.23. The van der Waals surface area contributed by atoms with Crippen LogP contribution in [-0.2, 0) is 9.53 Å². The largest absolute Gasteiger partial charge is 0.465 e. The van der Waals surface area contributed by atoms with Gasteiger partial charge in [0.25, 0.3) is 0 Å². The van der Waals surface area contributed by atoms with E-state index in [1.165, 1.54) is 0 Å². The van der Waals surface area contributed by atoms with Gasteiger partial charge in [0.1, 0.15) is 5.54 Å². The Morgan fingerprint density at radius 3 is 2.16 bits per heavy atom. The highest BCUT2D eigenvalue weighted by Crippen LogP contribution is 2.17. The van der Waals surface area contributed by atoms with E-state index in [1.807, 2.05) is 13.8 Å². The summed E-state index contributed by atoms with van der Waals surface area (Å²) in [6.07, 6.45) is 0.998. The summed E-state index contributed by atoms with van der Waals surface area (Å²) < 4.78 is 5.21. The second-order valence-electron chi connectivity index (χ2n) is 6.71. The van der Waals surface area contributed by atoms with E-state index in [0.29, 0.717) is 13.2 Å². The van der Waals surface area contributed by atoms with Crippen LogP contribution in [0.4, 0.5) is 0 Å². The Hall–Kier alpha value is -0.610. The van der Waals surface area contributed by atoms with Crippen molar-refractivity contribution in [1.29, 1.82) is 0 Å². The summed E-state index contributed by atoms with van der Waals surface area (Å²) in [5, 5.41) is 3.33. The van der Waals surface area contributed by atoms with Crippen LogP contribution in [0.15, 0.2) is 0 Å². The summed E-state index contributed by atoms with van der Waals surface area (Å²) in [6, 6.07) is 0. The Morgan fingerprint density at radius 1 is 1.16 bits per heavy atom. The second kappa shape index (κ2) is 7.85. The molecule has 0 aliphatic rings. The van der Waals surface area contributed by atoms with Gasteiger partial charge in [-0.3, -0.25) is 4.79 Å². The molecule has 114 valence electrons. The minimum Gasteiger partial charge on any atom is -0.465 e. The van der Waals surface area contributed by atoms with Crippen molar-refractivity contribution >= 4 is 5.97 Å². The minimum atomic E-state index is -0.633. The van der Waals surface area contributed by atoms with Gasteiger partial charge in [-0.25, -0.2) is 0 Å². The van der Waals surface area contributed by atoms with Gasteiger partial charge in [-0.1, -0.05) is 27.7 Å². The lowest BCUT2D eigenvalue weighted by Gasteiger charge is -2.35. The Labute approximate surface area is 118 Å². The standard InChI is InChI=1S/C15H32N2O2/c1-8-10-16-15(6,13(18)19-9-2)12-17(7)11-14(3,4)5/h16H,8-12H2,1-7H3. The number of nitrogens with one attached hydrogen (secondary N) is 1. The molecule has 0 aliphatic carbocycles. The highest BCUT2D eigenvalue weighted by Gasteiger charge is 2.35. The van der Waals surface area contributed by atoms with Gasteiger partial charge in [0.05, 0.1) is 6.61 Å². The molecular formula is C15H32N2O2. The topological polar surface area (TPSA) is 41.6 Å². The predicted molar refractivity (Wildman–Crippen MR) is 80.3 cm³/mol. The van der Waals surface area contributed by atoms with Crippen LogP contribution in [0, 0.1) is 5.41 Å². The maximum Gasteiger partial charge on any atom is 0.327 e. The van der Waals surface area contributed by atoms with Gasteiger partial charge in [-0.2, -0.15) is 0 Å². The van der Waals surface area contributed by atoms with Crippen LogP contribution < -0.4 is 5.32 Å². The quantitative estimate of drug-likeness (QED) is 0.688. The molecule has 1 atom stereocenters. The van der Waals surface area contributed by atoms with E-state index in [4.69, 9.17) is 4.74 Å². The van der Waals surface area contributed by atoms with Gasteiger partial charge in [-0.15, -0.1) is 0 Å². The summed E-state index contributed by atoms with van der Waals surface area (Å²) in [7, 11) is 2.05. The molecule has 19 heavy (non-hydrogen) atoms. The van der Waals surface area contributed by atoms with Crippen molar-refractivity contribution in [3.05, 3.63) is 0 Å². The normalized spacial score (nSPS) is 15.4. The molecule has 1 unspecified atom stereocenters. The molecule has 0 saturated carbocycles. The number of carbonyl (C=O) groups is 1. The van der Waals surface area contributed by atoms with Crippen molar-refractivity contribution in [3.63, 3.8) is 0 Å². The van der Waals surface area contributed by atoms with E-state index in [0.717, 1.165) is 19.5 Å². The van der Waals surface area contributed by atoms with E-state index in [-0.39, 0.29) is 11.4 Å². The molecule has 0 radical (unpaired) electrons. The summed E-state index contributed by atoms with van der Waals surface area (Å²) in [5.74, 6) is -0.163. The molecule has 0 aromatic carbocycles. The Kier molecular flexibility index (Phi) is 7.60. The fourth-order valence-corrected chi connectivity index (χ4v) is 2.29. The Bertz CT molecular complexity index is 274. The van der Waals surface area contributed by atoms with Crippen molar-refractivity contribution in [1.82, 2.24) is 10.2 Å². The van der Waals surface area contributed by atoms with E-state index in [9.17, 15) is 4.79 Å². The van der Waals surface area contributed by atoms with Crippen LogP contribution in [0.5, 0.6) is 0 Å². The maximum absolute atomic E-state index is 12.2. The van der Waals surface area contributed by atoms with E-state index >= 15 is 0 Å². The zero-order chi connectivity index (χ0) is 15.1. The third-order valence-corrected chi connectivity index (χ3v) is 2.82. The molecule has 4 nitrogen and oxygen atoms in total. The summed E-state index contributed by atoms with van der Waals surface area (Å²) in [6.45, 7) is 15.3. The first-order chi connectivity index (χ1) is 8.64. The third-order valence-electron chi connectivity index (χ3n) is 2.82. The SMILES string of the molecule is CCCNC(C)(CN(C)CC(C)(C)C)C(=O)OCC. The molecule has 0 saturated heterocycles. The van der Waals surface area contributed by atoms with E-state index < -0.39 is 5.54 Å². The first-order valence-electron chi connectivity index (χ1n) is 7.25. The Morgan fingerprint density at radius 2 is 1.74 bits per heavy atom. The van der Waals surface area contributed by atoms with Crippen molar-refractivity contribution in [3.8, 4) is 0 Å². The van der Waals surface area contributed by atoms with E-state index in [2.05, 4.69) is 45.0 Å². The van der Waals surface area contributed by atoms with Gasteiger partial charge >= 0.3 is 5.97 Å². The predicted octanol–water partition coefficient (Wildman–Crippen LogP) is 2.29. The monoisotopic (exact) mass is 272 g/mol. The van der Waals surface area contributed by atoms with E-state index in [1.54, 1.807) is 0 Å². The zero-order valence-corrected chi connectivity index (χ0v) is 13.8. The number of nitrogens with zero attached hydrogens (tertiary/aromatic N) is 1. The molecule has 4 heteroatoms. The van der Waals surface area contributed by atoms with Crippen LogP contribution in [0.25, 0.3) is 0 Å². The van der Waals surface area contributed by atoms with Gasteiger partial charge in [0.2, 0.25) is 0 Å². The van der Waals surface area contributed by atoms with Crippen molar-refractivity contribution in [2.45, 2.75) is 53.5 Å². The molecule has 0 spiro atoms. The van der Waals surface area contributed by atoms with Crippen LogP contribution in [-0.4, -0.2) is 49.7 Å². The van der Waals surface area contributed by atoms with Crippen LogP contribution in [0.2, 0.25) is 0 Å². The van der Waals surface area contributed by atoms with Crippen molar-refractivity contribution in [2.75, 3.05) is 33.3 Å². The first kappa shape index (κ1) is 18.4. The molecule has 0 amide bonds. The van der Waals surface area contributed by atoms with Gasteiger partial charge < -0.3 is 15.0 Å². The highest BCUT2D eigenvalue weighted by molar-refractivity contribution is 5.80. The second-order valence-corrected chi connectivity index (χ2v) is 6.71.